The van der Waals surface area contributed by atoms with Crippen LogP contribution < -0.4 is 10.1 Å². The molecule has 1 fully saturated rings. The molecule has 0 amide bonds. The second-order valence-corrected chi connectivity index (χ2v) is 6.16. The van der Waals surface area contributed by atoms with E-state index in [9.17, 15) is 0 Å². The molecule has 3 unspecified atom stereocenters. The van der Waals surface area contributed by atoms with Crippen molar-refractivity contribution in [2.75, 3.05) is 18.1 Å². The van der Waals surface area contributed by atoms with E-state index >= 15 is 0 Å². The normalized spacial score (nSPS) is 31.2. The van der Waals surface area contributed by atoms with Gasteiger partial charge in [-0.05, 0) is 23.3 Å². The van der Waals surface area contributed by atoms with Crippen molar-refractivity contribution in [3.63, 3.8) is 0 Å². The lowest BCUT2D eigenvalue weighted by Crippen LogP contribution is -2.40. The number of hydrogen-bond acceptors (Lipinski definition) is 3. The van der Waals surface area contributed by atoms with Crippen LogP contribution in [0.5, 0.6) is 5.75 Å². The molecule has 3 atom stereocenters. The van der Waals surface area contributed by atoms with Crippen molar-refractivity contribution in [1.29, 1.82) is 0 Å². The van der Waals surface area contributed by atoms with Crippen molar-refractivity contribution in [3.8, 4) is 5.75 Å². The smallest absolute Gasteiger partial charge is 0.123 e. The second-order valence-electron chi connectivity index (χ2n) is 5.08. The highest BCUT2D eigenvalue weighted by atomic mass is 32.2. The second kappa shape index (κ2) is 4.91. The topological polar surface area (TPSA) is 21.3 Å². The number of benzene rings is 1. The quantitative estimate of drug-likeness (QED) is 0.888. The lowest BCUT2D eigenvalue weighted by atomic mass is 10.1. The molecule has 3 rings (SSSR count). The van der Waals surface area contributed by atoms with Gasteiger partial charge in [0.1, 0.15) is 11.9 Å². The number of thioether (sulfide) groups is 1. The summed E-state index contributed by atoms with van der Waals surface area (Å²) in [6, 6.07) is 9.05. The predicted octanol–water partition coefficient (Wildman–Crippen LogP) is 2.33. The highest BCUT2D eigenvalue weighted by Gasteiger charge is 2.27. The first kappa shape index (κ1) is 11.4. The molecule has 0 saturated carbocycles. The SMILES string of the molecule is CC1CSCC1NCC1Cc2ccccc2O1. The molecule has 1 N–H and O–H groups in total. The number of ether oxygens (including phenoxy) is 1. The Morgan fingerprint density at radius 1 is 1.35 bits per heavy atom. The van der Waals surface area contributed by atoms with Crippen LogP contribution in [-0.2, 0) is 6.42 Å². The molecule has 0 aromatic heterocycles. The third-order valence-corrected chi connectivity index (χ3v) is 5.04. The molecule has 1 aromatic rings. The highest BCUT2D eigenvalue weighted by Crippen LogP contribution is 2.28. The van der Waals surface area contributed by atoms with E-state index in [2.05, 4.69) is 42.2 Å². The fraction of sp³-hybridized carbons (Fsp3) is 0.571. The summed E-state index contributed by atoms with van der Waals surface area (Å²) in [5, 5.41) is 3.66. The fourth-order valence-electron chi connectivity index (χ4n) is 2.57. The third kappa shape index (κ3) is 2.45. The minimum Gasteiger partial charge on any atom is -0.488 e. The molecule has 2 nitrogen and oxygen atoms in total. The van der Waals surface area contributed by atoms with Gasteiger partial charge in [-0.1, -0.05) is 25.1 Å². The maximum Gasteiger partial charge on any atom is 0.123 e. The van der Waals surface area contributed by atoms with Gasteiger partial charge in [0.25, 0.3) is 0 Å². The Morgan fingerprint density at radius 2 is 2.24 bits per heavy atom. The van der Waals surface area contributed by atoms with Gasteiger partial charge >= 0.3 is 0 Å². The van der Waals surface area contributed by atoms with Crippen LogP contribution in [0.15, 0.2) is 24.3 Å². The fourth-order valence-corrected chi connectivity index (χ4v) is 4.01. The van der Waals surface area contributed by atoms with Gasteiger partial charge in [-0.2, -0.15) is 11.8 Å². The van der Waals surface area contributed by atoms with Crippen LogP contribution in [0.1, 0.15) is 12.5 Å². The molecule has 0 bridgehead atoms. The standard InChI is InChI=1S/C14H19NOS/c1-10-8-17-9-13(10)15-7-12-6-11-4-2-3-5-14(11)16-12/h2-5,10,12-13,15H,6-9H2,1H3. The summed E-state index contributed by atoms with van der Waals surface area (Å²) in [6.45, 7) is 3.31. The Labute approximate surface area is 107 Å². The Morgan fingerprint density at radius 3 is 3.00 bits per heavy atom. The minimum absolute atomic E-state index is 0.324. The van der Waals surface area contributed by atoms with Crippen molar-refractivity contribution in [2.45, 2.75) is 25.5 Å². The van der Waals surface area contributed by atoms with Crippen LogP contribution in [0.4, 0.5) is 0 Å². The molecule has 0 radical (unpaired) electrons. The van der Waals surface area contributed by atoms with Crippen molar-refractivity contribution in [1.82, 2.24) is 5.32 Å². The zero-order chi connectivity index (χ0) is 11.7. The average Bonchev–Trinajstić information content (AvgIpc) is 2.92. The van der Waals surface area contributed by atoms with E-state index in [1.165, 1.54) is 17.1 Å². The van der Waals surface area contributed by atoms with Gasteiger partial charge in [-0.3, -0.25) is 0 Å². The first-order valence-corrected chi connectivity index (χ1v) is 7.54. The van der Waals surface area contributed by atoms with Gasteiger partial charge in [0.15, 0.2) is 0 Å². The van der Waals surface area contributed by atoms with Crippen molar-refractivity contribution < 1.29 is 4.74 Å². The molecule has 92 valence electrons. The third-order valence-electron chi connectivity index (χ3n) is 3.69. The van der Waals surface area contributed by atoms with Crippen LogP contribution in [0.25, 0.3) is 0 Å². The van der Waals surface area contributed by atoms with Crippen LogP contribution in [-0.4, -0.2) is 30.2 Å². The summed E-state index contributed by atoms with van der Waals surface area (Å²) in [4.78, 5) is 0. The van der Waals surface area contributed by atoms with Crippen LogP contribution in [0.2, 0.25) is 0 Å². The van der Waals surface area contributed by atoms with E-state index in [0.717, 1.165) is 24.6 Å². The molecule has 2 heterocycles. The molecular weight excluding hydrogens is 230 g/mol. The molecule has 3 heteroatoms. The highest BCUT2D eigenvalue weighted by molar-refractivity contribution is 7.99. The lowest BCUT2D eigenvalue weighted by Gasteiger charge is -2.19. The maximum atomic E-state index is 5.93. The number of hydrogen-bond donors (Lipinski definition) is 1. The van der Waals surface area contributed by atoms with Gasteiger partial charge in [0.05, 0.1) is 0 Å². The Bertz CT molecular complexity index is 371. The summed E-state index contributed by atoms with van der Waals surface area (Å²) >= 11 is 2.06. The number of fused-ring (bicyclic) bond motifs is 1. The van der Waals surface area contributed by atoms with Crippen LogP contribution >= 0.6 is 11.8 Å². The van der Waals surface area contributed by atoms with Gasteiger partial charge in [-0.15, -0.1) is 0 Å². The first-order valence-electron chi connectivity index (χ1n) is 6.38. The number of rotatable bonds is 3. The van der Waals surface area contributed by atoms with Gasteiger partial charge in [0.2, 0.25) is 0 Å². The van der Waals surface area contributed by atoms with E-state index < -0.39 is 0 Å². The van der Waals surface area contributed by atoms with Crippen LogP contribution in [0, 0.1) is 5.92 Å². The van der Waals surface area contributed by atoms with Crippen molar-refractivity contribution in [2.24, 2.45) is 5.92 Å². The average molecular weight is 249 g/mol. The van der Waals surface area contributed by atoms with E-state index in [-0.39, 0.29) is 0 Å². The van der Waals surface area contributed by atoms with Gasteiger partial charge in [-0.25, -0.2) is 0 Å². The molecule has 0 spiro atoms. The molecule has 2 aliphatic rings. The molecule has 1 aromatic carbocycles. The summed E-state index contributed by atoms with van der Waals surface area (Å²) in [5.41, 5.74) is 1.35. The van der Waals surface area contributed by atoms with Gasteiger partial charge in [0, 0.05) is 24.8 Å². The summed E-state index contributed by atoms with van der Waals surface area (Å²) in [5.74, 6) is 4.42. The van der Waals surface area contributed by atoms with Crippen molar-refractivity contribution in [3.05, 3.63) is 29.8 Å². The van der Waals surface area contributed by atoms with Crippen LogP contribution in [0.3, 0.4) is 0 Å². The summed E-state index contributed by atoms with van der Waals surface area (Å²) in [7, 11) is 0. The molecular formula is C14H19NOS. The lowest BCUT2D eigenvalue weighted by molar-refractivity contribution is 0.219. The van der Waals surface area contributed by atoms with Gasteiger partial charge < -0.3 is 10.1 Å². The largest absolute Gasteiger partial charge is 0.488 e. The first-order chi connectivity index (χ1) is 8.33. The maximum absolute atomic E-state index is 5.93. The summed E-state index contributed by atoms with van der Waals surface area (Å²) < 4.78 is 5.93. The molecule has 0 aliphatic carbocycles. The monoisotopic (exact) mass is 249 g/mol. The Balaban J connectivity index is 1.52. The predicted molar refractivity (Wildman–Crippen MR) is 72.8 cm³/mol. The number of para-hydroxylation sites is 1. The zero-order valence-electron chi connectivity index (χ0n) is 10.2. The van der Waals surface area contributed by atoms with E-state index in [0.29, 0.717) is 12.1 Å². The molecule has 2 aliphatic heterocycles. The zero-order valence-corrected chi connectivity index (χ0v) is 11.0. The van der Waals surface area contributed by atoms with Crippen molar-refractivity contribution >= 4 is 11.8 Å². The molecule has 17 heavy (non-hydrogen) atoms. The van der Waals surface area contributed by atoms with E-state index in [1.54, 1.807) is 0 Å². The Hall–Kier alpha value is -0.670. The summed E-state index contributed by atoms with van der Waals surface area (Å²) in [6.07, 6.45) is 1.38. The minimum atomic E-state index is 0.324. The Kier molecular flexibility index (Phi) is 3.30. The van der Waals surface area contributed by atoms with E-state index in [1.807, 2.05) is 6.07 Å². The molecule has 1 saturated heterocycles. The van der Waals surface area contributed by atoms with E-state index in [4.69, 9.17) is 4.74 Å². The number of nitrogens with one attached hydrogen (secondary N) is 1.